The van der Waals surface area contributed by atoms with E-state index in [1.54, 1.807) is 0 Å². The third kappa shape index (κ3) is 5.60. The molecule has 0 atom stereocenters. The van der Waals surface area contributed by atoms with Crippen molar-refractivity contribution >= 4 is 24.3 Å². The third-order valence-corrected chi connectivity index (χ3v) is 4.56. The molecule has 0 saturated heterocycles. The van der Waals surface area contributed by atoms with E-state index in [-0.39, 0.29) is 36.0 Å². The van der Waals surface area contributed by atoms with Crippen LogP contribution in [0.25, 0.3) is 0 Å². The maximum Gasteiger partial charge on any atom is 0.251 e. The lowest BCUT2D eigenvalue weighted by atomic mass is 9.91. The molecule has 2 aromatic rings. The molecule has 1 aliphatic carbocycles. The van der Waals surface area contributed by atoms with Crippen molar-refractivity contribution in [2.75, 3.05) is 5.32 Å². The molecule has 0 aliphatic heterocycles. The molecule has 3 rings (SSSR count). The summed E-state index contributed by atoms with van der Waals surface area (Å²) in [7, 11) is 0. The first-order chi connectivity index (χ1) is 12.4. The summed E-state index contributed by atoms with van der Waals surface area (Å²) < 4.78 is 26.2. The average Bonchev–Trinajstić information content (AvgIpc) is 2.58. The first-order valence-electron chi connectivity index (χ1n) is 8.75. The Morgan fingerprint density at radius 1 is 0.963 bits per heavy atom. The van der Waals surface area contributed by atoms with Gasteiger partial charge in [-0.05, 0) is 63.8 Å². The number of rotatable bonds is 4. The van der Waals surface area contributed by atoms with E-state index in [1.807, 2.05) is 19.9 Å². The Kier molecular flexibility index (Phi) is 7.07. The molecule has 5 nitrogen and oxygen atoms in total. The summed E-state index contributed by atoms with van der Waals surface area (Å²) in [4.78, 5) is 21.0. The second kappa shape index (κ2) is 9.08. The maximum absolute atomic E-state index is 13.3. The summed E-state index contributed by atoms with van der Waals surface area (Å²) in [6.07, 6.45) is 3.36. The van der Waals surface area contributed by atoms with Gasteiger partial charge in [-0.15, -0.1) is 12.4 Å². The Morgan fingerprint density at radius 2 is 1.56 bits per heavy atom. The van der Waals surface area contributed by atoms with E-state index in [1.165, 1.54) is 6.07 Å². The molecule has 1 amide bonds. The molecule has 146 valence electrons. The number of halogens is 3. The van der Waals surface area contributed by atoms with Gasteiger partial charge in [0.05, 0.1) is 0 Å². The van der Waals surface area contributed by atoms with Crippen LogP contribution in [-0.4, -0.2) is 28.0 Å². The van der Waals surface area contributed by atoms with Gasteiger partial charge in [-0.25, -0.2) is 18.7 Å². The molecule has 8 heteroatoms. The second-order valence-electron chi connectivity index (χ2n) is 6.77. The molecule has 1 aliphatic rings. The summed E-state index contributed by atoms with van der Waals surface area (Å²) >= 11 is 0. The highest BCUT2D eigenvalue weighted by molar-refractivity contribution is 5.94. The van der Waals surface area contributed by atoms with E-state index in [4.69, 9.17) is 0 Å². The zero-order valence-corrected chi connectivity index (χ0v) is 16.1. The van der Waals surface area contributed by atoms with Gasteiger partial charge in [0.2, 0.25) is 5.95 Å². The lowest BCUT2D eigenvalue weighted by Gasteiger charge is -2.29. The molecular weight excluding hydrogens is 374 g/mol. The number of hydrogen-bond acceptors (Lipinski definition) is 4. The molecule has 0 radical (unpaired) electrons. The standard InChI is InChI=1S/C19H22F2N4O.ClH/c1-11-9-12(2)23-19(22-11)25-15-6-4-14(5-7-15)24-18(26)13-3-8-16(20)17(21)10-13;/h3,8-10,14-15H,4-7H2,1-2H3,(H,24,26)(H,22,23,25);1H. The van der Waals surface area contributed by atoms with Crippen LogP contribution >= 0.6 is 12.4 Å². The number of amides is 1. The maximum atomic E-state index is 13.3. The van der Waals surface area contributed by atoms with E-state index in [9.17, 15) is 13.6 Å². The summed E-state index contributed by atoms with van der Waals surface area (Å²) in [5.41, 5.74) is 1.98. The van der Waals surface area contributed by atoms with Gasteiger partial charge in [0.25, 0.3) is 5.91 Å². The van der Waals surface area contributed by atoms with E-state index < -0.39 is 11.6 Å². The highest BCUT2D eigenvalue weighted by Gasteiger charge is 2.23. The number of nitrogens with zero attached hydrogens (tertiary/aromatic N) is 2. The van der Waals surface area contributed by atoms with Crippen LogP contribution in [0.4, 0.5) is 14.7 Å². The Hall–Kier alpha value is -2.28. The summed E-state index contributed by atoms with van der Waals surface area (Å²) in [5, 5.41) is 6.25. The van der Waals surface area contributed by atoms with Crippen LogP contribution in [0, 0.1) is 25.5 Å². The normalized spacial score (nSPS) is 19.1. The lowest BCUT2D eigenvalue weighted by Crippen LogP contribution is -2.40. The quantitative estimate of drug-likeness (QED) is 0.821. The highest BCUT2D eigenvalue weighted by atomic mass is 35.5. The molecule has 1 heterocycles. The number of benzene rings is 1. The Bertz CT molecular complexity index is 790. The van der Waals surface area contributed by atoms with E-state index in [0.29, 0.717) is 5.95 Å². The van der Waals surface area contributed by atoms with Crippen LogP contribution in [0.1, 0.15) is 47.4 Å². The molecule has 1 aromatic heterocycles. The number of hydrogen-bond donors (Lipinski definition) is 2. The van der Waals surface area contributed by atoms with E-state index in [0.717, 1.165) is 49.2 Å². The van der Waals surface area contributed by atoms with Crippen molar-refractivity contribution in [1.82, 2.24) is 15.3 Å². The van der Waals surface area contributed by atoms with Gasteiger partial charge in [0, 0.05) is 29.0 Å². The van der Waals surface area contributed by atoms with Gasteiger partial charge < -0.3 is 10.6 Å². The largest absolute Gasteiger partial charge is 0.351 e. The van der Waals surface area contributed by atoms with Gasteiger partial charge in [0.15, 0.2) is 11.6 Å². The van der Waals surface area contributed by atoms with Crippen LogP contribution in [-0.2, 0) is 0 Å². The minimum atomic E-state index is -1.01. The van der Waals surface area contributed by atoms with E-state index >= 15 is 0 Å². The fourth-order valence-electron chi connectivity index (χ4n) is 3.26. The molecule has 0 bridgehead atoms. The van der Waals surface area contributed by atoms with Gasteiger partial charge in [-0.2, -0.15) is 0 Å². The SMILES string of the molecule is Cc1cc(C)nc(NC2CCC(NC(=O)c3ccc(F)c(F)c3)CC2)n1.Cl. The topological polar surface area (TPSA) is 66.9 Å². The summed E-state index contributed by atoms with van der Waals surface area (Å²) in [6.45, 7) is 3.87. The van der Waals surface area contributed by atoms with Crippen molar-refractivity contribution in [3.8, 4) is 0 Å². The first kappa shape index (κ1) is 21.0. The number of aromatic nitrogens is 2. The minimum absolute atomic E-state index is 0. The summed E-state index contributed by atoms with van der Waals surface area (Å²) in [6, 6.07) is 5.39. The Labute approximate surface area is 163 Å². The van der Waals surface area contributed by atoms with E-state index in [2.05, 4.69) is 20.6 Å². The second-order valence-corrected chi connectivity index (χ2v) is 6.77. The molecule has 27 heavy (non-hydrogen) atoms. The zero-order valence-electron chi connectivity index (χ0n) is 15.3. The van der Waals surface area contributed by atoms with Crippen molar-refractivity contribution in [1.29, 1.82) is 0 Å². The zero-order chi connectivity index (χ0) is 18.7. The molecule has 1 saturated carbocycles. The predicted molar refractivity (Wildman–Crippen MR) is 102 cm³/mol. The fraction of sp³-hybridized carbons (Fsp3) is 0.421. The average molecular weight is 397 g/mol. The van der Waals surface area contributed by atoms with Crippen LogP contribution in [0.2, 0.25) is 0 Å². The molecule has 0 unspecified atom stereocenters. The van der Waals surface area contributed by atoms with Crippen LogP contribution in [0.5, 0.6) is 0 Å². The lowest BCUT2D eigenvalue weighted by molar-refractivity contribution is 0.0926. The predicted octanol–water partition coefficient (Wildman–Crippen LogP) is 3.95. The van der Waals surface area contributed by atoms with Gasteiger partial charge in [-0.3, -0.25) is 4.79 Å². The number of anilines is 1. The number of nitrogens with one attached hydrogen (secondary N) is 2. The molecule has 2 N–H and O–H groups in total. The Balaban J connectivity index is 0.00000261. The van der Waals surface area contributed by atoms with Crippen molar-refractivity contribution in [2.24, 2.45) is 0 Å². The number of aryl methyl sites for hydroxylation is 2. The van der Waals surface area contributed by atoms with Gasteiger partial charge >= 0.3 is 0 Å². The fourth-order valence-corrected chi connectivity index (χ4v) is 3.26. The van der Waals surface area contributed by atoms with Gasteiger partial charge in [-0.1, -0.05) is 0 Å². The third-order valence-electron chi connectivity index (χ3n) is 4.56. The van der Waals surface area contributed by atoms with Crippen molar-refractivity contribution < 1.29 is 13.6 Å². The van der Waals surface area contributed by atoms with Crippen LogP contribution < -0.4 is 10.6 Å². The van der Waals surface area contributed by atoms with Crippen molar-refractivity contribution in [3.05, 3.63) is 52.9 Å². The first-order valence-corrected chi connectivity index (χ1v) is 8.75. The summed E-state index contributed by atoms with van der Waals surface area (Å²) in [5.74, 6) is -1.71. The van der Waals surface area contributed by atoms with Crippen molar-refractivity contribution in [3.63, 3.8) is 0 Å². The van der Waals surface area contributed by atoms with Crippen LogP contribution in [0.15, 0.2) is 24.3 Å². The Morgan fingerprint density at radius 3 is 2.15 bits per heavy atom. The van der Waals surface area contributed by atoms with Crippen molar-refractivity contribution in [2.45, 2.75) is 51.6 Å². The number of carbonyl (C=O) groups excluding carboxylic acids is 1. The highest BCUT2D eigenvalue weighted by Crippen LogP contribution is 2.22. The molecule has 1 fully saturated rings. The molecule has 1 aromatic carbocycles. The van der Waals surface area contributed by atoms with Crippen LogP contribution in [0.3, 0.4) is 0 Å². The molecular formula is C19H23ClF2N4O. The number of carbonyl (C=O) groups is 1. The smallest absolute Gasteiger partial charge is 0.251 e. The monoisotopic (exact) mass is 396 g/mol. The van der Waals surface area contributed by atoms with Gasteiger partial charge in [0.1, 0.15) is 0 Å². The molecule has 0 spiro atoms. The minimum Gasteiger partial charge on any atom is -0.351 e.